The van der Waals surface area contributed by atoms with Crippen LogP contribution in [0.1, 0.15) is 25.6 Å². The Balaban J connectivity index is 1.88. The minimum atomic E-state index is -2.65. The minimum absolute atomic E-state index is 0.0522. The maximum Gasteiger partial charge on any atom is 0.262 e. The van der Waals surface area contributed by atoms with Gasteiger partial charge >= 0.3 is 0 Å². The highest BCUT2D eigenvalue weighted by Crippen LogP contribution is 2.64. The van der Waals surface area contributed by atoms with E-state index >= 15 is 0 Å². The molecular weight excluding hydrogens is 266 g/mol. The van der Waals surface area contributed by atoms with Gasteiger partial charge in [0, 0.05) is 11.5 Å². The Labute approximate surface area is 114 Å². The third-order valence-corrected chi connectivity index (χ3v) is 4.35. The number of halogens is 2. The van der Waals surface area contributed by atoms with E-state index in [0.29, 0.717) is 10.8 Å². The van der Waals surface area contributed by atoms with Gasteiger partial charge in [0.15, 0.2) is 5.82 Å². The molecule has 0 unspecified atom stereocenters. The van der Waals surface area contributed by atoms with Crippen molar-refractivity contribution in [2.45, 2.75) is 25.7 Å². The molecule has 1 aromatic carbocycles. The van der Waals surface area contributed by atoms with Crippen LogP contribution in [0, 0.1) is 11.8 Å². The maximum atomic E-state index is 13.7. The van der Waals surface area contributed by atoms with Gasteiger partial charge in [0.05, 0.1) is 5.92 Å². The molecule has 1 aliphatic rings. The zero-order chi connectivity index (χ0) is 13.6. The Morgan fingerprint density at radius 2 is 1.89 bits per heavy atom. The maximum absolute atomic E-state index is 13.7. The average molecular weight is 280 g/mol. The zero-order valence-electron chi connectivity index (χ0n) is 10.7. The van der Waals surface area contributed by atoms with E-state index in [2.05, 4.69) is 9.36 Å². The van der Waals surface area contributed by atoms with Gasteiger partial charge in [-0.05, 0) is 17.5 Å². The third kappa shape index (κ3) is 2.06. The summed E-state index contributed by atoms with van der Waals surface area (Å²) in [4.78, 5) is 4.30. The lowest BCUT2D eigenvalue weighted by Gasteiger charge is -1.98. The summed E-state index contributed by atoms with van der Waals surface area (Å²) in [6.07, 6.45) is 0. The smallest absolute Gasteiger partial charge is 0.219 e. The van der Waals surface area contributed by atoms with Crippen molar-refractivity contribution in [2.24, 2.45) is 11.8 Å². The van der Waals surface area contributed by atoms with Crippen LogP contribution in [-0.4, -0.2) is 15.3 Å². The van der Waals surface area contributed by atoms with Crippen LogP contribution in [0.4, 0.5) is 8.78 Å². The van der Waals surface area contributed by atoms with Gasteiger partial charge in [-0.3, -0.25) is 0 Å². The molecule has 19 heavy (non-hydrogen) atoms. The van der Waals surface area contributed by atoms with Crippen molar-refractivity contribution in [3.63, 3.8) is 0 Å². The predicted molar refractivity (Wildman–Crippen MR) is 71.4 cm³/mol. The molecule has 2 aromatic rings. The molecule has 0 bridgehead atoms. The van der Waals surface area contributed by atoms with E-state index in [1.54, 1.807) is 0 Å². The van der Waals surface area contributed by atoms with Gasteiger partial charge in [-0.1, -0.05) is 44.2 Å². The molecule has 1 fully saturated rings. The highest BCUT2D eigenvalue weighted by Gasteiger charge is 2.71. The number of benzene rings is 1. The third-order valence-electron chi connectivity index (χ3n) is 3.57. The highest BCUT2D eigenvalue weighted by atomic mass is 32.1. The monoisotopic (exact) mass is 280 g/mol. The second-order valence-corrected chi connectivity index (χ2v) is 6.00. The Kier molecular flexibility index (Phi) is 2.89. The van der Waals surface area contributed by atoms with Gasteiger partial charge in [-0.2, -0.15) is 4.37 Å². The van der Waals surface area contributed by atoms with Crippen LogP contribution in [0.3, 0.4) is 0 Å². The fourth-order valence-corrected chi connectivity index (χ4v) is 3.28. The topological polar surface area (TPSA) is 25.8 Å². The molecule has 0 radical (unpaired) electrons. The molecule has 2 nitrogen and oxygen atoms in total. The molecule has 100 valence electrons. The normalized spacial score (nSPS) is 24.7. The second-order valence-electron chi connectivity index (χ2n) is 5.25. The zero-order valence-corrected chi connectivity index (χ0v) is 11.5. The van der Waals surface area contributed by atoms with Gasteiger partial charge in [-0.25, -0.2) is 13.8 Å². The SMILES string of the molecule is CC(C)[C@@H]1[C@@H](c2nsc(-c3ccccc3)n2)C1(F)F. The van der Waals surface area contributed by atoms with Crippen LogP contribution in [-0.2, 0) is 0 Å². The van der Waals surface area contributed by atoms with Crippen molar-refractivity contribution >= 4 is 11.5 Å². The van der Waals surface area contributed by atoms with Crippen molar-refractivity contribution in [2.75, 3.05) is 0 Å². The lowest BCUT2D eigenvalue weighted by Crippen LogP contribution is -1.99. The molecule has 0 N–H and O–H groups in total. The van der Waals surface area contributed by atoms with Crippen molar-refractivity contribution in [3.8, 4) is 10.6 Å². The molecule has 3 rings (SSSR count). The molecule has 1 aromatic heterocycles. The molecule has 2 atom stereocenters. The first-order valence-corrected chi connectivity index (χ1v) is 7.06. The minimum Gasteiger partial charge on any atom is -0.219 e. The van der Waals surface area contributed by atoms with Crippen LogP contribution in [0.25, 0.3) is 10.6 Å². The summed E-state index contributed by atoms with van der Waals surface area (Å²) in [5.74, 6) is -3.83. The summed E-state index contributed by atoms with van der Waals surface area (Å²) in [6.45, 7) is 3.64. The predicted octanol–water partition coefficient (Wildman–Crippen LogP) is 4.21. The van der Waals surface area contributed by atoms with E-state index in [1.165, 1.54) is 11.5 Å². The van der Waals surface area contributed by atoms with Crippen LogP contribution in [0.5, 0.6) is 0 Å². The number of alkyl halides is 2. The van der Waals surface area contributed by atoms with Crippen LogP contribution < -0.4 is 0 Å². The van der Waals surface area contributed by atoms with Crippen molar-refractivity contribution < 1.29 is 8.78 Å². The van der Waals surface area contributed by atoms with E-state index in [4.69, 9.17) is 0 Å². The molecule has 0 saturated heterocycles. The fraction of sp³-hybridized carbons (Fsp3) is 0.429. The van der Waals surface area contributed by atoms with Gasteiger partial charge in [-0.15, -0.1) is 0 Å². The van der Waals surface area contributed by atoms with Crippen molar-refractivity contribution in [3.05, 3.63) is 36.2 Å². The first-order valence-electron chi connectivity index (χ1n) is 6.28. The summed E-state index contributed by atoms with van der Waals surface area (Å²) in [6, 6.07) is 9.54. The summed E-state index contributed by atoms with van der Waals surface area (Å²) >= 11 is 1.19. The Morgan fingerprint density at radius 1 is 1.21 bits per heavy atom. The number of hydrogen-bond acceptors (Lipinski definition) is 3. The molecule has 1 heterocycles. The number of nitrogens with zero attached hydrogens (tertiary/aromatic N) is 2. The highest BCUT2D eigenvalue weighted by molar-refractivity contribution is 7.09. The van der Waals surface area contributed by atoms with E-state index < -0.39 is 17.8 Å². The Morgan fingerprint density at radius 3 is 2.47 bits per heavy atom. The van der Waals surface area contributed by atoms with Crippen LogP contribution in [0.2, 0.25) is 0 Å². The standard InChI is InChI=1S/C14H14F2N2S/c1-8(2)10-11(14(10,15)16)12-17-13(19-18-12)9-6-4-3-5-7-9/h3-8,10-11H,1-2H3/t10-,11+/m1/s1. The van der Waals surface area contributed by atoms with Crippen LogP contribution in [0.15, 0.2) is 30.3 Å². The summed E-state index contributed by atoms with van der Waals surface area (Å²) < 4.78 is 31.6. The first-order chi connectivity index (χ1) is 9.01. The lowest BCUT2D eigenvalue weighted by atomic mass is 10.1. The molecule has 1 aliphatic carbocycles. The molecular formula is C14H14F2N2S. The molecule has 0 amide bonds. The van der Waals surface area contributed by atoms with E-state index in [9.17, 15) is 8.78 Å². The Hall–Kier alpha value is -1.36. The summed E-state index contributed by atoms with van der Waals surface area (Å²) in [7, 11) is 0. The van der Waals surface area contributed by atoms with Crippen molar-refractivity contribution in [1.29, 1.82) is 0 Å². The number of aromatic nitrogens is 2. The quantitative estimate of drug-likeness (QED) is 0.841. The van der Waals surface area contributed by atoms with Gasteiger partial charge in [0.1, 0.15) is 5.01 Å². The molecule has 0 spiro atoms. The van der Waals surface area contributed by atoms with Crippen molar-refractivity contribution in [1.82, 2.24) is 9.36 Å². The lowest BCUT2D eigenvalue weighted by molar-refractivity contribution is 0.0838. The first kappa shape index (κ1) is 12.7. The molecule has 5 heteroatoms. The molecule has 1 saturated carbocycles. The Bertz CT molecular complexity index is 580. The number of rotatable bonds is 3. The summed E-state index contributed by atoms with van der Waals surface area (Å²) in [5, 5.41) is 0.709. The van der Waals surface area contributed by atoms with E-state index in [-0.39, 0.29) is 5.92 Å². The average Bonchev–Trinajstić information content (AvgIpc) is 2.76. The molecule has 0 aliphatic heterocycles. The van der Waals surface area contributed by atoms with Crippen LogP contribution >= 0.6 is 11.5 Å². The van der Waals surface area contributed by atoms with E-state index in [1.807, 2.05) is 44.2 Å². The summed E-state index contributed by atoms with van der Waals surface area (Å²) in [5.41, 5.74) is 0.927. The number of hydrogen-bond donors (Lipinski definition) is 0. The fourth-order valence-electron chi connectivity index (χ4n) is 2.57. The second kappa shape index (κ2) is 4.34. The largest absolute Gasteiger partial charge is 0.262 e. The van der Waals surface area contributed by atoms with E-state index in [0.717, 1.165) is 5.56 Å². The van der Waals surface area contributed by atoms with Gasteiger partial charge < -0.3 is 0 Å². The van der Waals surface area contributed by atoms with Gasteiger partial charge in [0.25, 0.3) is 5.92 Å². The van der Waals surface area contributed by atoms with Gasteiger partial charge in [0.2, 0.25) is 0 Å².